The molecule has 1 unspecified atom stereocenters. The molecule has 0 aliphatic heterocycles. The van der Waals surface area contributed by atoms with Gasteiger partial charge in [-0.2, -0.15) is 0 Å². The molecule has 1 aliphatic carbocycles. The summed E-state index contributed by atoms with van der Waals surface area (Å²) in [7, 11) is -1.35. The maximum atomic E-state index is 2.44. The van der Waals surface area contributed by atoms with Gasteiger partial charge in [-0.3, -0.25) is 0 Å². The molecule has 31 heavy (non-hydrogen) atoms. The van der Waals surface area contributed by atoms with E-state index in [4.69, 9.17) is 0 Å². The van der Waals surface area contributed by atoms with E-state index in [1.807, 2.05) is 0 Å². The smallest absolute Gasteiger partial charge is 0.0539 e. The standard InChI is InChI=1S/C29H49PSi/c1-5-8-13-23-31(24-14-9-6-2,25-15-10-7-3)26-22-30(28-16-11-12-17-28)29-20-18-27(4)19-21-29/h11-12,16,18-21H,5-10,13-15,17,22-26H2,1-4H3. The van der Waals surface area contributed by atoms with E-state index in [-0.39, 0.29) is 7.92 Å². The van der Waals surface area contributed by atoms with Crippen molar-refractivity contribution in [3.8, 4) is 0 Å². The fourth-order valence-corrected chi connectivity index (χ4v) is 14.4. The van der Waals surface area contributed by atoms with Crippen LogP contribution >= 0.6 is 7.92 Å². The van der Waals surface area contributed by atoms with Gasteiger partial charge in [0.1, 0.15) is 0 Å². The van der Waals surface area contributed by atoms with Gasteiger partial charge in [-0.25, -0.2) is 0 Å². The summed E-state index contributed by atoms with van der Waals surface area (Å²) >= 11 is 0. The lowest BCUT2D eigenvalue weighted by atomic mass is 10.2. The third kappa shape index (κ3) is 9.39. The van der Waals surface area contributed by atoms with E-state index in [0.717, 1.165) is 0 Å². The lowest BCUT2D eigenvalue weighted by Gasteiger charge is -2.34. The summed E-state index contributed by atoms with van der Waals surface area (Å²) in [6, 6.07) is 15.9. The molecule has 0 saturated carbocycles. The quantitative estimate of drug-likeness (QED) is 0.124. The second kappa shape index (κ2) is 15.2. The number of aryl methyl sites for hydroxylation is 1. The fourth-order valence-electron chi connectivity index (χ4n) is 5.15. The van der Waals surface area contributed by atoms with Crippen LogP contribution in [0, 0.1) is 6.92 Å². The van der Waals surface area contributed by atoms with Crippen LogP contribution in [0.25, 0.3) is 0 Å². The number of rotatable bonds is 17. The molecule has 174 valence electrons. The first-order chi connectivity index (χ1) is 15.1. The Kier molecular flexibility index (Phi) is 13.1. The van der Waals surface area contributed by atoms with Crippen molar-refractivity contribution in [1.82, 2.24) is 0 Å². The molecule has 2 rings (SSSR count). The van der Waals surface area contributed by atoms with E-state index < -0.39 is 8.07 Å². The molecule has 0 heterocycles. The number of hydrogen-bond acceptors (Lipinski definition) is 0. The summed E-state index contributed by atoms with van der Waals surface area (Å²) in [4.78, 5) is 0. The van der Waals surface area contributed by atoms with Gasteiger partial charge in [0.25, 0.3) is 0 Å². The minimum Gasteiger partial charge on any atom is -0.0801 e. The molecule has 2 heteroatoms. The predicted octanol–water partition coefficient (Wildman–Crippen LogP) is 9.97. The van der Waals surface area contributed by atoms with Gasteiger partial charge in [0.2, 0.25) is 0 Å². The molecule has 0 radical (unpaired) electrons. The molecule has 0 N–H and O–H groups in total. The summed E-state index contributed by atoms with van der Waals surface area (Å²) in [6.45, 7) is 9.32. The van der Waals surface area contributed by atoms with Crippen LogP contribution in [0.15, 0.2) is 47.8 Å². The summed E-state index contributed by atoms with van der Waals surface area (Å²) in [5.74, 6) is 0. The SMILES string of the molecule is CCCCC[Si](CCCCC)(CCCCC)CCP(C1=CC=CC1)c1ccc(C)cc1. The number of allylic oxidation sites excluding steroid dienone is 4. The zero-order valence-electron chi connectivity index (χ0n) is 21.1. The Morgan fingerprint density at radius 3 is 1.74 bits per heavy atom. The Balaban J connectivity index is 2.19. The highest BCUT2D eigenvalue weighted by atomic mass is 31.1. The molecule has 0 bridgehead atoms. The third-order valence-corrected chi connectivity index (χ3v) is 15.8. The minimum atomic E-state index is -1.20. The average Bonchev–Trinajstić information content (AvgIpc) is 3.30. The van der Waals surface area contributed by atoms with Crippen molar-refractivity contribution in [2.45, 2.75) is 116 Å². The molecule has 0 nitrogen and oxygen atoms in total. The average molecular weight is 457 g/mol. The van der Waals surface area contributed by atoms with Crippen molar-refractivity contribution in [2.24, 2.45) is 0 Å². The van der Waals surface area contributed by atoms with E-state index in [0.29, 0.717) is 0 Å². The van der Waals surface area contributed by atoms with Crippen LogP contribution in [0.1, 0.15) is 90.5 Å². The number of hydrogen-bond donors (Lipinski definition) is 0. The van der Waals surface area contributed by atoms with E-state index >= 15 is 0 Å². The van der Waals surface area contributed by atoms with Crippen LogP contribution in [0.3, 0.4) is 0 Å². The molecule has 1 aliphatic rings. The third-order valence-electron chi connectivity index (χ3n) is 7.24. The Bertz CT molecular complexity index is 631. The Hall–Kier alpha value is -0.653. The molecule has 1 atom stereocenters. The molecule has 0 saturated heterocycles. The van der Waals surface area contributed by atoms with E-state index in [1.165, 1.54) is 75.9 Å². The lowest BCUT2D eigenvalue weighted by molar-refractivity contribution is 0.712. The van der Waals surface area contributed by atoms with Gasteiger partial charge in [0.15, 0.2) is 0 Å². The highest BCUT2D eigenvalue weighted by Gasteiger charge is 2.32. The topological polar surface area (TPSA) is 0 Å². The monoisotopic (exact) mass is 456 g/mol. The lowest BCUT2D eigenvalue weighted by Crippen LogP contribution is -2.35. The Labute approximate surface area is 196 Å². The zero-order chi connectivity index (χ0) is 22.4. The summed E-state index contributed by atoms with van der Waals surface area (Å²) in [5, 5.41) is 3.34. The first kappa shape index (κ1) is 26.6. The van der Waals surface area contributed by atoms with Crippen LogP contribution in [-0.2, 0) is 0 Å². The Morgan fingerprint density at radius 2 is 1.29 bits per heavy atom. The van der Waals surface area contributed by atoms with Crippen molar-refractivity contribution in [3.05, 3.63) is 53.4 Å². The molecule has 0 fully saturated rings. The maximum absolute atomic E-state index is 2.44. The second-order valence-corrected chi connectivity index (χ2v) is 17.3. The molecular formula is C29H49PSi. The highest BCUT2D eigenvalue weighted by molar-refractivity contribution is 7.69. The van der Waals surface area contributed by atoms with Gasteiger partial charge < -0.3 is 0 Å². The molecule has 0 spiro atoms. The van der Waals surface area contributed by atoms with Gasteiger partial charge in [0, 0.05) is 0 Å². The van der Waals surface area contributed by atoms with Crippen molar-refractivity contribution in [1.29, 1.82) is 0 Å². The van der Waals surface area contributed by atoms with Crippen molar-refractivity contribution in [3.63, 3.8) is 0 Å². The minimum absolute atomic E-state index is 0.156. The van der Waals surface area contributed by atoms with Crippen LogP contribution in [0.5, 0.6) is 0 Å². The van der Waals surface area contributed by atoms with Crippen molar-refractivity contribution >= 4 is 21.3 Å². The first-order valence-electron chi connectivity index (χ1n) is 13.3. The largest absolute Gasteiger partial charge is 0.0801 e. The fraction of sp³-hybridized carbons (Fsp3) is 0.655. The van der Waals surface area contributed by atoms with Crippen LogP contribution in [0.4, 0.5) is 0 Å². The maximum Gasteiger partial charge on any atom is 0.0539 e. The molecule has 0 amide bonds. The van der Waals surface area contributed by atoms with Crippen LogP contribution in [0.2, 0.25) is 24.2 Å². The second-order valence-electron chi connectivity index (χ2n) is 9.90. The van der Waals surface area contributed by atoms with E-state index in [1.54, 1.807) is 34.8 Å². The molecule has 1 aromatic rings. The Morgan fingerprint density at radius 1 is 0.742 bits per heavy atom. The van der Waals surface area contributed by atoms with Crippen molar-refractivity contribution in [2.75, 3.05) is 6.16 Å². The first-order valence-corrected chi connectivity index (χ1v) is 17.7. The zero-order valence-corrected chi connectivity index (χ0v) is 23.0. The van der Waals surface area contributed by atoms with Gasteiger partial charge in [-0.15, -0.1) is 0 Å². The van der Waals surface area contributed by atoms with E-state index in [2.05, 4.69) is 70.2 Å². The van der Waals surface area contributed by atoms with Gasteiger partial charge in [-0.05, 0) is 38.0 Å². The van der Waals surface area contributed by atoms with Crippen molar-refractivity contribution < 1.29 is 0 Å². The van der Waals surface area contributed by atoms with Crippen LogP contribution < -0.4 is 5.30 Å². The normalized spacial score (nSPS) is 14.8. The molecular weight excluding hydrogens is 407 g/mol. The van der Waals surface area contributed by atoms with E-state index in [9.17, 15) is 0 Å². The predicted molar refractivity (Wildman–Crippen MR) is 148 cm³/mol. The summed E-state index contributed by atoms with van der Waals surface area (Å²) in [5.41, 5.74) is 1.39. The summed E-state index contributed by atoms with van der Waals surface area (Å²) in [6.07, 6.45) is 22.6. The molecule has 1 aromatic carbocycles. The number of unbranched alkanes of at least 4 members (excludes halogenated alkanes) is 6. The number of benzene rings is 1. The van der Waals surface area contributed by atoms with Crippen LogP contribution in [-0.4, -0.2) is 14.2 Å². The summed E-state index contributed by atoms with van der Waals surface area (Å²) < 4.78 is 0. The van der Waals surface area contributed by atoms with Gasteiger partial charge >= 0.3 is 0 Å². The van der Waals surface area contributed by atoms with Gasteiger partial charge in [0.05, 0.1) is 8.07 Å². The molecule has 0 aromatic heterocycles. The highest BCUT2D eigenvalue weighted by Crippen LogP contribution is 2.50. The van der Waals surface area contributed by atoms with Gasteiger partial charge in [-0.1, -0.05) is 151 Å².